The van der Waals surface area contributed by atoms with Crippen LogP contribution >= 0.6 is 0 Å². The van der Waals surface area contributed by atoms with E-state index in [1.807, 2.05) is 0 Å². The Balaban J connectivity index is 1.75. The van der Waals surface area contributed by atoms with Crippen LogP contribution in [0.4, 0.5) is 5.69 Å². The molecule has 1 fully saturated rings. The Hall–Kier alpha value is -1.59. The van der Waals surface area contributed by atoms with Crippen molar-refractivity contribution in [3.8, 4) is 0 Å². The summed E-state index contributed by atoms with van der Waals surface area (Å²) < 4.78 is 0. The van der Waals surface area contributed by atoms with E-state index in [0.717, 1.165) is 12.2 Å². The lowest BCUT2D eigenvalue weighted by Crippen LogP contribution is -2.34. The molecular weight excluding hydrogens is 252 g/mol. The molecule has 0 radical (unpaired) electrons. The first-order chi connectivity index (χ1) is 9.69. The Bertz CT molecular complexity index is 426. The van der Waals surface area contributed by atoms with Crippen LogP contribution in [-0.2, 0) is 0 Å². The van der Waals surface area contributed by atoms with E-state index in [-0.39, 0.29) is 5.91 Å². The molecule has 1 amide bonds. The third-order valence-corrected chi connectivity index (χ3v) is 3.69. The Kier molecular flexibility index (Phi) is 5.38. The third kappa shape index (κ3) is 4.21. The van der Waals surface area contributed by atoms with Gasteiger partial charge in [-0.2, -0.15) is 0 Å². The SMILES string of the molecule is CC(CNC(=O)c1ccc(NN)cc1)CN1CCCC1. The molecule has 110 valence electrons. The lowest BCUT2D eigenvalue weighted by atomic mass is 10.1. The molecular formula is C15H24N4O. The van der Waals surface area contributed by atoms with Crippen LogP contribution in [0.15, 0.2) is 24.3 Å². The molecule has 5 nitrogen and oxygen atoms in total. The summed E-state index contributed by atoms with van der Waals surface area (Å²) in [6.07, 6.45) is 2.61. The molecule has 4 N–H and O–H groups in total. The number of hydrogen-bond acceptors (Lipinski definition) is 4. The Morgan fingerprint density at radius 3 is 2.55 bits per heavy atom. The highest BCUT2D eigenvalue weighted by atomic mass is 16.1. The fourth-order valence-electron chi connectivity index (χ4n) is 2.56. The van der Waals surface area contributed by atoms with Gasteiger partial charge in [0, 0.05) is 24.3 Å². The molecule has 0 aliphatic carbocycles. The van der Waals surface area contributed by atoms with Gasteiger partial charge in [0.25, 0.3) is 5.91 Å². The van der Waals surface area contributed by atoms with E-state index in [1.165, 1.54) is 25.9 Å². The Labute approximate surface area is 120 Å². The third-order valence-electron chi connectivity index (χ3n) is 3.69. The zero-order chi connectivity index (χ0) is 14.4. The number of hydrazine groups is 1. The van der Waals surface area contributed by atoms with E-state index < -0.39 is 0 Å². The maximum atomic E-state index is 12.0. The number of nitrogens with two attached hydrogens (primary N) is 1. The number of hydrogen-bond donors (Lipinski definition) is 3. The van der Waals surface area contributed by atoms with Crippen LogP contribution < -0.4 is 16.6 Å². The molecule has 1 saturated heterocycles. The smallest absolute Gasteiger partial charge is 0.251 e. The summed E-state index contributed by atoms with van der Waals surface area (Å²) in [6.45, 7) is 6.36. The number of likely N-dealkylation sites (tertiary alicyclic amines) is 1. The number of nitrogens with zero attached hydrogens (tertiary/aromatic N) is 1. The highest BCUT2D eigenvalue weighted by molar-refractivity contribution is 5.94. The topological polar surface area (TPSA) is 70.4 Å². The molecule has 2 rings (SSSR count). The van der Waals surface area contributed by atoms with Crippen molar-refractivity contribution < 1.29 is 4.79 Å². The van der Waals surface area contributed by atoms with Crippen LogP contribution in [0.3, 0.4) is 0 Å². The van der Waals surface area contributed by atoms with Crippen molar-refractivity contribution in [3.63, 3.8) is 0 Å². The normalized spacial score (nSPS) is 16.9. The largest absolute Gasteiger partial charge is 0.352 e. The first-order valence-electron chi connectivity index (χ1n) is 7.26. The molecule has 20 heavy (non-hydrogen) atoms. The first kappa shape index (κ1) is 14.8. The molecule has 1 aromatic carbocycles. The maximum Gasteiger partial charge on any atom is 0.251 e. The summed E-state index contributed by atoms with van der Waals surface area (Å²) >= 11 is 0. The highest BCUT2D eigenvalue weighted by Crippen LogP contribution is 2.10. The van der Waals surface area contributed by atoms with Crippen molar-refractivity contribution in [1.82, 2.24) is 10.2 Å². The molecule has 0 saturated carbocycles. The molecule has 1 aliphatic heterocycles. The standard InChI is InChI=1S/C15H24N4O/c1-12(11-19-8-2-3-9-19)10-17-15(20)13-4-6-14(18-16)7-5-13/h4-7,12,18H,2-3,8-11,16H2,1H3,(H,17,20). The number of carbonyl (C=O) groups is 1. The van der Waals surface area contributed by atoms with Crippen LogP contribution in [0.2, 0.25) is 0 Å². The van der Waals surface area contributed by atoms with E-state index >= 15 is 0 Å². The van der Waals surface area contributed by atoms with E-state index in [1.54, 1.807) is 24.3 Å². The van der Waals surface area contributed by atoms with Gasteiger partial charge in [-0.15, -0.1) is 0 Å². The number of benzene rings is 1. The average Bonchev–Trinajstić information content (AvgIpc) is 2.97. The van der Waals surface area contributed by atoms with E-state index in [9.17, 15) is 4.79 Å². The molecule has 1 heterocycles. The minimum Gasteiger partial charge on any atom is -0.352 e. The van der Waals surface area contributed by atoms with Gasteiger partial charge < -0.3 is 15.6 Å². The number of amides is 1. The van der Waals surface area contributed by atoms with Gasteiger partial charge in [0.2, 0.25) is 0 Å². The minimum absolute atomic E-state index is 0.0261. The lowest BCUT2D eigenvalue weighted by molar-refractivity contribution is 0.0945. The fourth-order valence-corrected chi connectivity index (χ4v) is 2.56. The predicted octanol–water partition coefficient (Wildman–Crippen LogP) is 1.43. The van der Waals surface area contributed by atoms with Crippen LogP contribution in [-0.4, -0.2) is 37.0 Å². The van der Waals surface area contributed by atoms with Gasteiger partial charge in [-0.1, -0.05) is 6.92 Å². The first-order valence-corrected chi connectivity index (χ1v) is 7.26. The molecule has 1 atom stereocenters. The van der Waals surface area contributed by atoms with Gasteiger partial charge in [-0.25, -0.2) is 0 Å². The summed E-state index contributed by atoms with van der Waals surface area (Å²) in [5, 5.41) is 2.99. The van der Waals surface area contributed by atoms with Gasteiger partial charge in [0.05, 0.1) is 0 Å². The van der Waals surface area contributed by atoms with Crippen molar-refractivity contribution in [2.75, 3.05) is 31.6 Å². The molecule has 0 aromatic heterocycles. The zero-order valence-electron chi connectivity index (χ0n) is 12.1. The van der Waals surface area contributed by atoms with Gasteiger partial charge in [0.1, 0.15) is 0 Å². The molecule has 1 aromatic rings. The number of anilines is 1. The van der Waals surface area contributed by atoms with Crippen LogP contribution in [0.1, 0.15) is 30.1 Å². The quantitative estimate of drug-likeness (QED) is 0.543. The minimum atomic E-state index is -0.0261. The van der Waals surface area contributed by atoms with Gasteiger partial charge >= 0.3 is 0 Å². The lowest BCUT2D eigenvalue weighted by Gasteiger charge is -2.20. The maximum absolute atomic E-state index is 12.0. The average molecular weight is 276 g/mol. The summed E-state index contributed by atoms with van der Waals surface area (Å²) in [4.78, 5) is 14.5. The van der Waals surface area contributed by atoms with Gasteiger partial charge in [0.15, 0.2) is 0 Å². The number of carbonyl (C=O) groups excluding carboxylic acids is 1. The van der Waals surface area contributed by atoms with E-state index in [2.05, 4.69) is 22.6 Å². The summed E-state index contributed by atoms with van der Waals surface area (Å²) in [7, 11) is 0. The molecule has 0 bridgehead atoms. The monoisotopic (exact) mass is 276 g/mol. The number of nitrogen functional groups attached to an aromatic ring is 1. The summed E-state index contributed by atoms with van der Waals surface area (Å²) in [5.74, 6) is 5.74. The summed E-state index contributed by atoms with van der Waals surface area (Å²) in [5.41, 5.74) is 4.01. The van der Waals surface area contributed by atoms with Crippen molar-refractivity contribution in [1.29, 1.82) is 0 Å². The Morgan fingerprint density at radius 1 is 1.30 bits per heavy atom. The molecule has 5 heteroatoms. The molecule has 0 spiro atoms. The summed E-state index contributed by atoms with van der Waals surface area (Å²) in [6, 6.07) is 7.14. The fraction of sp³-hybridized carbons (Fsp3) is 0.533. The van der Waals surface area contributed by atoms with E-state index in [0.29, 0.717) is 18.0 Å². The van der Waals surface area contributed by atoms with Crippen molar-refractivity contribution in [3.05, 3.63) is 29.8 Å². The van der Waals surface area contributed by atoms with Crippen LogP contribution in [0, 0.1) is 5.92 Å². The molecule has 1 unspecified atom stereocenters. The van der Waals surface area contributed by atoms with E-state index in [4.69, 9.17) is 5.84 Å². The second kappa shape index (κ2) is 7.26. The van der Waals surface area contributed by atoms with Crippen LogP contribution in [0.5, 0.6) is 0 Å². The predicted molar refractivity (Wildman–Crippen MR) is 81.4 cm³/mol. The van der Waals surface area contributed by atoms with Gasteiger partial charge in [-0.3, -0.25) is 10.6 Å². The molecule has 1 aliphatic rings. The van der Waals surface area contributed by atoms with Gasteiger partial charge in [-0.05, 0) is 56.1 Å². The Morgan fingerprint density at radius 2 is 1.95 bits per heavy atom. The van der Waals surface area contributed by atoms with Crippen LogP contribution in [0.25, 0.3) is 0 Å². The zero-order valence-corrected chi connectivity index (χ0v) is 12.1. The second-order valence-corrected chi connectivity index (χ2v) is 5.54. The van der Waals surface area contributed by atoms with Crippen molar-refractivity contribution in [2.45, 2.75) is 19.8 Å². The number of rotatable bonds is 6. The number of nitrogens with one attached hydrogen (secondary N) is 2. The van der Waals surface area contributed by atoms with Crippen molar-refractivity contribution >= 4 is 11.6 Å². The highest BCUT2D eigenvalue weighted by Gasteiger charge is 2.15. The second-order valence-electron chi connectivity index (χ2n) is 5.54. The van der Waals surface area contributed by atoms with Crippen molar-refractivity contribution in [2.24, 2.45) is 11.8 Å².